The van der Waals surface area contributed by atoms with Gasteiger partial charge in [0.15, 0.2) is 0 Å². The third-order valence-corrected chi connectivity index (χ3v) is 5.85. The summed E-state index contributed by atoms with van der Waals surface area (Å²) in [6.45, 7) is 3.30. The molecule has 29 heavy (non-hydrogen) atoms. The van der Waals surface area contributed by atoms with Gasteiger partial charge in [-0.3, -0.25) is 0 Å². The number of unbranched alkanes of at least 4 members (excludes halogenated alkanes) is 7. The molecule has 0 spiro atoms. The predicted molar refractivity (Wildman–Crippen MR) is 126 cm³/mol. The van der Waals surface area contributed by atoms with Crippen molar-refractivity contribution in [2.24, 2.45) is 0 Å². The number of H-pyrrole nitrogens is 2. The summed E-state index contributed by atoms with van der Waals surface area (Å²) in [5.41, 5.74) is 2.39. The van der Waals surface area contributed by atoms with E-state index in [1.54, 1.807) is 0 Å². The molecule has 2 heterocycles. The van der Waals surface area contributed by atoms with Crippen molar-refractivity contribution < 1.29 is 0 Å². The van der Waals surface area contributed by atoms with E-state index in [2.05, 4.69) is 82.5 Å². The number of hydrogen-bond acceptors (Lipinski definition) is 1. The third kappa shape index (κ3) is 4.84. The Morgan fingerprint density at radius 3 is 1.62 bits per heavy atom. The molecule has 0 saturated heterocycles. The van der Waals surface area contributed by atoms with Gasteiger partial charge in [-0.2, -0.15) is 0 Å². The lowest BCUT2D eigenvalue weighted by Gasteiger charge is -2.21. The lowest BCUT2D eigenvalue weighted by molar-refractivity contribution is 0.576. The number of hydrogen-bond donors (Lipinski definition) is 2. The fourth-order valence-corrected chi connectivity index (χ4v) is 4.18. The van der Waals surface area contributed by atoms with E-state index in [1.165, 1.54) is 84.8 Å². The fraction of sp³-hybridized carbons (Fsp3) is 0.385. The lowest BCUT2D eigenvalue weighted by Crippen LogP contribution is -2.19. The zero-order valence-corrected chi connectivity index (χ0v) is 17.6. The van der Waals surface area contributed by atoms with Gasteiger partial charge in [-0.1, -0.05) is 88.3 Å². The Labute approximate surface area is 174 Å². The first-order valence-corrected chi connectivity index (χ1v) is 11.3. The average Bonchev–Trinajstić information content (AvgIpc) is 3.36. The molecule has 4 rings (SSSR count). The minimum Gasteiger partial charge on any atom is -0.341 e. The van der Waals surface area contributed by atoms with E-state index in [-0.39, 0.29) is 0 Å². The van der Waals surface area contributed by atoms with Gasteiger partial charge in [-0.25, -0.2) is 0 Å². The van der Waals surface area contributed by atoms with Crippen molar-refractivity contribution >= 4 is 33.4 Å². The van der Waals surface area contributed by atoms with E-state index in [0.717, 1.165) is 6.54 Å². The normalized spacial score (nSPS) is 11.5. The molecule has 4 aromatic rings. The Kier molecular flexibility index (Phi) is 6.56. The molecule has 0 aliphatic heterocycles. The Hall–Kier alpha value is -2.68. The number of aromatic amines is 2. The standard InChI is InChI=1S/C26H33N3/c1-2-3-4-5-6-7-8-13-18-29(25-19-21-14-9-11-16-23(21)27-25)26-20-22-15-10-12-17-24(22)28-26/h9-12,14-17,19-20,27-28H,2-8,13,18H2,1H3. The summed E-state index contributed by atoms with van der Waals surface area (Å²) in [6, 6.07) is 21.6. The number of nitrogens with zero attached hydrogens (tertiary/aromatic N) is 1. The molecule has 0 atom stereocenters. The van der Waals surface area contributed by atoms with Crippen LogP contribution in [0.3, 0.4) is 0 Å². The van der Waals surface area contributed by atoms with Crippen molar-refractivity contribution in [2.45, 2.75) is 58.3 Å². The largest absolute Gasteiger partial charge is 0.341 e. The molecule has 0 bridgehead atoms. The SMILES string of the molecule is CCCCCCCCCCN(c1cc2ccccc2[nH]1)c1cc2ccccc2[nH]1. The Balaban J connectivity index is 1.47. The van der Waals surface area contributed by atoms with Crippen molar-refractivity contribution in [1.82, 2.24) is 9.97 Å². The van der Waals surface area contributed by atoms with Crippen molar-refractivity contribution in [3.63, 3.8) is 0 Å². The number of nitrogens with one attached hydrogen (secondary N) is 2. The smallest absolute Gasteiger partial charge is 0.112 e. The maximum absolute atomic E-state index is 3.62. The van der Waals surface area contributed by atoms with Crippen LogP contribution in [0.4, 0.5) is 11.6 Å². The van der Waals surface area contributed by atoms with Gasteiger partial charge < -0.3 is 14.9 Å². The molecular formula is C26H33N3. The molecular weight excluding hydrogens is 354 g/mol. The van der Waals surface area contributed by atoms with Gasteiger partial charge >= 0.3 is 0 Å². The van der Waals surface area contributed by atoms with E-state index in [4.69, 9.17) is 0 Å². The van der Waals surface area contributed by atoms with Crippen molar-refractivity contribution in [2.75, 3.05) is 11.4 Å². The first-order chi connectivity index (χ1) is 14.3. The molecule has 3 nitrogen and oxygen atoms in total. The summed E-state index contributed by atoms with van der Waals surface area (Å²) < 4.78 is 0. The molecule has 0 aliphatic rings. The van der Waals surface area contributed by atoms with Gasteiger partial charge in [0.25, 0.3) is 0 Å². The number of fused-ring (bicyclic) bond motifs is 2. The number of benzene rings is 2. The number of anilines is 2. The van der Waals surface area contributed by atoms with Gasteiger partial charge in [0.1, 0.15) is 11.6 Å². The van der Waals surface area contributed by atoms with Crippen molar-refractivity contribution in [1.29, 1.82) is 0 Å². The first-order valence-electron chi connectivity index (χ1n) is 11.3. The maximum atomic E-state index is 3.62. The minimum atomic E-state index is 1.02. The minimum absolute atomic E-state index is 1.02. The summed E-state index contributed by atoms with van der Waals surface area (Å²) in [5.74, 6) is 2.33. The molecule has 152 valence electrons. The molecule has 3 heteroatoms. The van der Waals surface area contributed by atoms with Crippen LogP contribution < -0.4 is 4.90 Å². The van der Waals surface area contributed by atoms with E-state index >= 15 is 0 Å². The van der Waals surface area contributed by atoms with Crippen LogP contribution in [0.2, 0.25) is 0 Å². The Morgan fingerprint density at radius 1 is 0.621 bits per heavy atom. The van der Waals surface area contributed by atoms with Crippen LogP contribution in [0, 0.1) is 0 Å². The van der Waals surface area contributed by atoms with Gasteiger partial charge in [-0.05, 0) is 30.7 Å². The second-order valence-electron chi connectivity index (χ2n) is 8.11. The van der Waals surface area contributed by atoms with Gasteiger partial charge in [0.2, 0.25) is 0 Å². The van der Waals surface area contributed by atoms with Gasteiger partial charge in [-0.15, -0.1) is 0 Å². The van der Waals surface area contributed by atoms with Crippen LogP contribution in [0.25, 0.3) is 21.8 Å². The van der Waals surface area contributed by atoms with E-state index in [1.807, 2.05) is 0 Å². The van der Waals surface area contributed by atoms with Crippen LogP contribution in [0.5, 0.6) is 0 Å². The molecule has 0 amide bonds. The summed E-state index contributed by atoms with van der Waals surface area (Å²) >= 11 is 0. The van der Waals surface area contributed by atoms with Crippen molar-refractivity contribution in [3.05, 3.63) is 60.7 Å². The highest BCUT2D eigenvalue weighted by molar-refractivity contribution is 5.88. The molecule has 0 saturated carbocycles. The average molecular weight is 388 g/mol. The second-order valence-corrected chi connectivity index (χ2v) is 8.11. The molecule has 0 fully saturated rings. The third-order valence-electron chi connectivity index (χ3n) is 5.85. The highest BCUT2D eigenvalue weighted by atomic mass is 15.2. The Bertz CT molecular complexity index is 886. The highest BCUT2D eigenvalue weighted by Gasteiger charge is 2.14. The number of para-hydroxylation sites is 2. The monoisotopic (exact) mass is 387 g/mol. The summed E-state index contributed by atoms with van der Waals surface area (Å²) in [7, 11) is 0. The second kappa shape index (κ2) is 9.69. The van der Waals surface area contributed by atoms with E-state index in [0.29, 0.717) is 0 Å². The number of aromatic nitrogens is 2. The molecule has 0 aliphatic carbocycles. The molecule has 2 aromatic heterocycles. The summed E-state index contributed by atoms with van der Waals surface area (Å²) in [6.07, 6.45) is 10.7. The fourth-order valence-electron chi connectivity index (χ4n) is 4.18. The number of rotatable bonds is 11. The van der Waals surface area contributed by atoms with Crippen LogP contribution in [0.15, 0.2) is 60.7 Å². The van der Waals surface area contributed by atoms with Crippen LogP contribution >= 0.6 is 0 Å². The van der Waals surface area contributed by atoms with Crippen LogP contribution in [-0.4, -0.2) is 16.5 Å². The molecule has 0 radical (unpaired) electrons. The summed E-state index contributed by atoms with van der Waals surface area (Å²) in [5, 5.41) is 2.53. The van der Waals surface area contributed by atoms with Crippen LogP contribution in [0.1, 0.15) is 58.3 Å². The van der Waals surface area contributed by atoms with E-state index < -0.39 is 0 Å². The first kappa shape index (κ1) is 19.6. The maximum Gasteiger partial charge on any atom is 0.112 e. The molecule has 2 N–H and O–H groups in total. The van der Waals surface area contributed by atoms with Crippen LogP contribution in [-0.2, 0) is 0 Å². The van der Waals surface area contributed by atoms with Crippen molar-refractivity contribution in [3.8, 4) is 0 Å². The predicted octanol–water partition coefficient (Wildman–Crippen LogP) is 7.93. The van der Waals surface area contributed by atoms with Gasteiger partial charge in [0, 0.05) is 28.4 Å². The summed E-state index contributed by atoms with van der Waals surface area (Å²) in [4.78, 5) is 9.65. The Morgan fingerprint density at radius 2 is 1.10 bits per heavy atom. The topological polar surface area (TPSA) is 34.8 Å². The quantitative estimate of drug-likeness (QED) is 0.252. The highest BCUT2D eigenvalue weighted by Crippen LogP contribution is 2.30. The zero-order chi connectivity index (χ0) is 19.9. The lowest BCUT2D eigenvalue weighted by atomic mass is 10.1. The van der Waals surface area contributed by atoms with Gasteiger partial charge in [0.05, 0.1) is 0 Å². The molecule has 0 unspecified atom stereocenters. The van der Waals surface area contributed by atoms with E-state index in [9.17, 15) is 0 Å². The molecule has 2 aromatic carbocycles. The zero-order valence-electron chi connectivity index (χ0n) is 17.6.